The second-order valence-electron chi connectivity index (χ2n) is 7.19. The molecule has 0 aliphatic carbocycles. The van der Waals surface area contributed by atoms with Crippen molar-refractivity contribution in [3.63, 3.8) is 0 Å². The summed E-state index contributed by atoms with van der Waals surface area (Å²) in [5.41, 5.74) is 3.38. The number of guanidine groups is 1. The van der Waals surface area contributed by atoms with Crippen LogP contribution in [0, 0.1) is 0 Å². The van der Waals surface area contributed by atoms with E-state index in [-0.39, 0.29) is 5.91 Å². The lowest BCUT2D eigenvalue weighted by atomic mass is 10.1. The van der Waals surface area contributed by atoms with Gasteiger partial charge in [-0.1, -0.05) is 53.5 Å². The Morgan fingerprint density at radius 2 is 1.93 bits per heavy atom. The molecule has 1 aliphatic rings. The van der Waals surface area contributed by atoms with Crippen molar-refractivity contribution in [1.82, 2.24) is 15.1 Å². The predicted molar refractivity (Wildman–Crippen MR) is 119 cm³/mol. The standard InChI is InChI=1S/C22H26Cl2N4O/c1-25-22(27(2)14-16-9-10-19(23)20(24)12-16)26-13-17-6-3-4-7-18(17)15-28-11-5-8-21(28)29/h3-4,6-7,9-10,12H,5,8,11,13-15H2,1-2H3,(H,25,26). The summed E-state index contributed by atoms with van der Waals surface area (Å²) in [6.07, 6.45) is 1.61. The number of carbonyl (C=O) groups excluding carboxylic acids is 1. The summed E-state index contributed by atoms with van der Waals surface area (Å²) in [4.78, 5) is 20.3. The van der Waals surface area contributed by atoms with Crippen molar-refractivity contribution in [2.45, 2.75) is 32.5 Å². The molecule has 154 valence electrons. The summed E-state index contributed by atoms with van der Waals surface area (Å²) in [6.45, 7) is 2.79. The maximum Gasteiger partial charge on any atom is 0.222 e. The van der Waals surface area contributed by atoms with E-state index >= 15 is 0 Å². The van der Waals surface area contributed by atoms with Gasteiger partial charge in [-0.3, -0.25) is 9.79 Å². The van der Waals surface area contributed by atoms with E-state index < -0.39 is 0 Å². The fraction of sp³-hybridized carbons (Fsp3) is 0.364. The van der Waals surface area contributed by atoms with Gasteiger partial charge < -0.3 is 15.1 Å². The Morgan fingerprint density at radius 3 is 2.59 bits per heavy atom. The fourth-order valence-electron chi connectivity index (χ4n) is 3.51. The first-order valence-corrected chi connectivity index (χ1v) is 10.4. The normalized spacial score (nSPS) is 14.4. The lowest BCUT2D eigenvalue weighted by molar-refractivity contribution is -0.128. The number of likely N-dealkylation sites (tertiary alicyclic amines) is 1. The van der Waals surface area contributed by atoms with E-state index in [0.717, 1.165) is 35.6 Å². The van der Waals surface area contributed by atoms with Crippen molar-refractivity contribution in [2.24, 2.45) is 4.99 Å². The molecule has 0 bridgehead atoms. The third-order valence-corrected chi connectivity index (χ3v) is 5.80. The van der Waals surface area contributed by atoms with Crippen LogP contribution in [0.25, 0.3) is 0 Å². The minimum absolute atomic E-state index is 0.241. The molecule has 1 N–H and O–H groups in total. The number of benzene rings is 2. The van der Waals surface area contributed by atoms with Gasteiger partial charge in [0.15, 0.2) is 5.96 Å². The number of halogens is 2. The summed E-state index contributed by atoms with van der Waals surface area (Å²) >= 11 is 12.1. The number of nitrogens with one attached hydrogen (secondary N) is 1. The van der Waals surface area contributed by atoms with Crippen LogP contribution in [0.2, 0.25) is 10.0 Å². The van der Waals surface area contributed by atoms with Crippen LogP contribution in [0.3, 0.4) is 0 Å². The van der Waals surface area contributed by atoms with E-state index in [1.165, 1.54) is 0 Å². The van der Waals surface area contributed by atoms with Crippen molar-refractivity contribution >= 4 is 35.1 Å². The van der Waals surface area contributed by atoms with Gasteiger partial charge in [-0.2, -0.15) is 0 Å². The van der Waals surface area contributed by atoms with Gasteiger partial charge in [0.05, 0.1) is 10.0 Å². The third-order valence-electron chi connectivity index (χ3n) is 5.07. The molecule has 3 rings (SSSR count). The zero-order valence-corrected chi connectivity index (χ0v) is 18.3. The van der Waals surface area contributed by atoms with Crippen LogP contribution in [0.15, 0.2) is 47.5 Å². The molecular formula is C22H26Cl2N4O. The minimum atomic E-state index is 0.241. The van der Waals surface area contributed by atoms with E-state index in [4.69, 9.17) is 23.2 Å². The van der Waals surface area contributed by atoms with Crippen molar-refractivity contribution in [3.05, 3.63) is 69.2 Å². The molecule has 1 saturated heterocycles. The lowest BCUT2D eigenvalue weighted by Gasteiger charge is -2.23. The van der Waals surface area contributed by atoms with Crippen LogP contribution < -0.4 is 5.32 Å². The minimum Gasteiger partial charge on any atom is -0.352 e. The highest BCUT2D eigenvalue weighted by Crippen LogP contribution is 2.23. The smallest absolute Gasteiger partial charge is 0.222 e. The van der Waals surface area contributed by atoms with Gasteiger partial charge in [0, 0.05) is 46.7 Å². The van der Waals surface area contributed by atoms with E-state index in [9.17, 15) is 4.79 Å². The van der Waals surface area contributed by atoms with Crippen LogP contribution in [0.1, 0.15) is 29.5 Å². The van der Waals surface area contributed by atoms with Crippen molar-refractivity contribution in [1.29, 1.82) is 0 Å². The van der Waals surface area contributed by atoms with Crippen molar-refractivity contribution < 1.29 is 4.79 Å². The van der Waals surface area contributed by atoms with Gasteiger partial charge in [-0.25, -0.2) is 0 Å². The van der Waals surface area contributed by atoms with Gasteiger partial charge in [0.25, 0.3) is 0 Å². The predicted octanol–water partition coefficient (Wildman–Crippen LogP) is 4.32. The zero-order valence-electron chi connectivity index (χ0n) is 16.8. The molecule has 1 fully saturated rings. The topological polar surface area (TPSA) is 47.9 Å². The molecule has 1 aliphatic heterocycles. The third kappa shape index (κ3) is 5.64. The van der Waals surface area contributed by atoms with E-state index in [1.807, 2.05) is 41.1 Å². The van der Waals surface area contributed by atoms with Crippen LogP contribution >= 0.6 is 23.2 Å². The first-order chi connectivity index (χ1) is 14.0. The van der Waals surface area contributed by atoms with E-state index in [0.29, 0.717) is 36.1 Å². The Balaban J connectivity index is 1.63. The van der Waals surface area contributed by atoms with Gasteiger partial charge in [0.1, 0.15) is 0 Å². The SMILES string of the molecule is CN=C(NCc1ccccc1CN1CCCC1=O)N(C)Cc1ccc(Cl)c(Cl)c1. The molecule has 0 atom stereocenters. The van der Waals surface area contributed by atoms with Gasteiger partial charge >= 0.3 is 0 Å². The zero-order chi connectivity index (χ0) is 20.8. The second kappa shape index (κ2) is 9.99. The van der Waals surface area contributed by atoms with Crippen LogP contribution in [0.4, 0.5) is 0 Å². The molecule has 1 heterocycles. The maximum atomic E-state index is 12.0. The van der Waals surface area contributed by atoms with Gasteiger partial charge in [-0.15, -0.1) is 0 Å². The second-order valence-corrected chi connectivity index (χ2v) is 8.01. The Hall–Kier alpha value is -2.24. The number of aliphatic imine (C=N–C) groups is 1. The average molecular weight is 433 g/mol. The highest BCUT2D eigenvalue weighted by atomic mass is 35.5. The Labute approximate surface area is 182 Å². The monoisotopic (exact) mass is 432 g/mol. The van der Waals surface area contributed by atoms with Crippen LogP contribution in [-0.4, -0.2) is 42.3 Å². The van der Waals surface area contributed by atoms with Crippen LogP contribution in [-0.2, 0) is 24.4 Å². The molecule has 2 aromatic rings. The highest BCUT2D eigenvalue weighted by Gasteiger charge is 2.21. The summed E-state index contributed by atoms with van der Waals surface area (Å²) in [6, 6.07) is 13.9. The Kier molecular flexibility index (Phi) is 7.40. The molecule has 0 aromatic heterocycles. The number of nitrogens with zero attached hydrogens (tertiary/aromatic N) is 3. The molecular weight excluding hydrogens is 407 g/mol. The van der Waals surface area contributed by atoms with Crippen molar-refractivity contribution in [3.8, 4) is 0 Å². The lowest BCUT2D eigenvalue weighted by Crippen LogP contribution is -2.38. The van der Waals surface area contributed by atoms with Gasteiger partial charge in [-0.05, 0) is 35.2 Å². The van der Waals surface area contributed by atoms with E-state index in [1.54, 1.807) is 13.1 Å². The molecule has 7 heteroatoms. The number of carbonyl (C=O) groups is 1. The molecule has 0 saturated carbocycles. The quantitative estimate of drug-likeness (QED) is 0.545. The molecule has 5 nitrogen and oxygen atoms in total. The molecule has 2 aromatic carbocycles. The summed E-state index contributed by atoms with van der Waals surface area (Å²) in [7, 11) is 3.75. The summed E-state index contributed by atoms with van der Waals surface area (Å²) in [5.74, 6) is 1.02. The van der Waals surface area contributed by atoms with Crippen LogP contribution in [0.5, 0.6) is 0 Å². The van der Waals surface area contributed by atoms with Gasteiger partial charge in [0.2, 0.25) is 5.91 Å². The Morgan fingerprint density at radius 1 is 1.17 bits per heavy atom. The molecule has 29 heavy (non-hydrogen) atoms. The molecule has 0 unspecified atom stereocenters. The largest absolute Gasteiger partial charge is 0.352 e. The number of amides is 1. The first-order valence-electron chi connectivity index (χ1n) is 9.68. The Bertz CT molecular complexity index is 900. The average Bonchev–Trinajstić information content (AvgIpc) is 3.11. The highest BCUT2D eigenvalue weighted by molar-refractivity contribution is 6.42. The summed E-state index contributed by atoms with van der Waals surface area (Å²) in [5, 5.41) is 4.52. The first kappa shape index (κ1) is 21.5. The summed E-state index contributed by atoms with van der Waals surface area (Å²) < 4.78 is 0. The maximum absolute atomic E-state index is 12.0. The number of hydrogen-bond donors (Lipinski definition) is 1. The molecule has 1 amide bonds. The number of rotatable bonds is 6. The van der Waals surface area contributed by atoms with E-state index in [2.05, 4.69) is 22.4 Å². The molecule has 0 radical (unpaired) electrons. The van der Waals surface area contributed by atoms with Crippen molar-refractivity contribution in [2.75, 3.05) is 20.6 Å². The molecule has 0 spiro atoms. The number of hydrogen-bond acceptors (Lipinski definition) is 2. The fourth-order valence-corrected chi connectivity index (χ4v) is 3.83.